The van der Waals surface area contributed by atoms with Gasteiger partial charge in [0.1, 0.15) is 0 Å². The number of aromatic nitrogens is 1. The van der Waals surface area contributed by atoms with E-state index in [0.717, 1.165) is 41.5 Å². The molecule has 1 unspecified atom stereocenters. The summed E-state index contributed by atoms with van der Waals surface area (Å²) >= 11 is 0. The fourth-order valence-corrected chi connectivity index (χ4v) is 5.30. The Morgan fingerprint density at radius 1 is 1.03 bits per heavy atom. The van der Waals surface area contributed by atoms with Crippen LogP contribution in [0.15, 0.2) is 79.0 Å². The van der Waals surface area contributed by atoms with Crippen molar-refractivity contribution >= 4 is 22.6 Å². The van der Waals surface area contributed by atoms with Crippen LogP contribution in [0.25, 0.3) is 10.9 Å². The predicted molar refractivity (Wildman–Crippen MR) is 148 cm³/mol. The molecule has 37 heavy (non-hydrogen) atoms. The smallest absolute Gasteiger partial charge is 0.248 e. The molecule has 0 bridgehead atoms. The molecule has 5 rings (SSSR count). The zero-order valence-electron chi connectivity index (χ0n) is 21.2. The van der Waals surface area contributed by atoms with Gasteiger partial charge in [0.15, 0.2) is 5.78 Å². The molecular formula is C31H34N4O2. The Morgan fingerprint density at radius 2 is 1.76 bits per heavy atom. The van der Waals surface area contributed by atoms with Gasteiger partial charge in [-0.2, -0.15) is 0 Å². The lowest BCUT2D eigenvalue weighted by atomic mass is 9.88. The van der Waals surface area contributed by atoms with E-state index >= 15 is 0 Å². The van der Waals surface area contributed by atoms with Crippen molar-refractivity contribution in [2.24, 2.45) is 5.73 Å². The van der Waals surface area contributed by atoms with Crippen LogP contribution >= 0.6 is 0 Å². The molecule has 4 N–H and O–H groups in total. The first kappa shape index (κ1) is 24.9. The van der Waals surface area contributed by atoms with Crippen molar-refractivity contribution in [2.75, 3.05) is 26.7 Å². The van der Waals surface area contributed by atoms with E-state index in [9.17, 15) is 9.59 Å². The highest BCUT2D eigenvalue weighted by Gasteiger charge is 2.25. The van der Waals surface area contributed by atoms with Gasteiger partial charge in [0.2, 0.25) is 5.91 Å². The summed E-state index contributed by atoms with van der Waals surface area (Å²) < 4.78 is 0. The number of piperidine rings is 1. The van der Waals surface area contributed by atoms with Crippen molar-refractivity contribution < 1.29 is 9.59 Å². The minimum absolute atomic E-state index is 0.0496. The highest BCUT2D eigenvalue weighted by atomic mass is 16.1. The molecule has 4 aromatic rings. The van der Waals surface area contributed by atoms with Crippen molar-refractivity contribution in [3.8, 4) is 0 Å². The first-order valence-corrected chi connectivity index (χ1v) is 13.0. The second kappa shape index (κ2) is 11.1. The van der Waals surface area contributed by atoms with Gasteiger partial charge in [-0.25, -0.2) is 0 Å². The highest BCUT2D eigenvalue weighted by Crippen LogP contribution is 2.31. The van der Waals surface area contributed by atoms with E-state index in [1.54, 1.807) is 12.1 Å². The predicted octanol–water partition coefficient (Wildman–Crippen LogP) is 4.83. The van der Waals surface area contributed by atoms with Gasteiger partial charge in [-0.1, -0.05) is 54.6 Å². The number of rotatable bonds is 9. The number of carbonyl (C=O) groups excluding carboxylic acids is 2. The maximum absolute atomic E-state index is 13.9. The molecule has 0 aliphatic carbocycles. The number of nitrogens with one attached hydrogen (secondary N) is 2. The normalized spacial score (nSPS) is 15.6. The molecule has 3 aromatic carbocycles. The fraction of sp³-hybridized carbons (Fsp3) is 0.290. The lowest BCUT2D eigenvalue weighted by Gasteiger charge is -2.29. The molecule has 0 spiro atoms. The number of amides is 1. The molecule has 0 radical (unpaired) electrons. The van der Waals surface area contributed by atoms with E-state index in [1.807, 2.05) is 48.7 Å². The Labute approximate surface area is 217 Å². The molecule has 1 aliphatic rings. The summed E-state index contributed by atoms with van der Waals surface area (Å²) in [5.74, 6) is 0.184. The van der Waals surface area contributed by atoms with Crippen molar-refractivity contribution in [1.82, 2.24) is 15.2 Å². The third kappa shape index (κ3) is 5.66. The molecule has 1 fully saturated rings. The van der Waals surface area contributed by atoms with Crippen molar-refractivity contribution in [3.63, 3.8) is 0 Å². The summed E-state index contributed by atoms with van der Waals surface area (Å²) in [6.45, 7) is 2.86. The molecular weight excluding hydrogens is 460 g/mol. The standard InChI is InChI=1S/C31H34N4O2/c1-35-17-14-22(15-18-35)25-11-12-26-27(20-34-28(26)19-25)30(36)29(23-5-3-2-4-6-23)33-16-13-21-7-9-24(10-8-21)31(32)37/h2-12,19-20,22,29,33-34H,13-18H2,1H3,(H2,32,37). The number of primary amides is 1. The third-order valence-corrected chi connectivity index (χ3v) is 7.56. The summed E-state index contributed by atoms with van der Waals surface area (Å²) in [5.41, 5.74) is 10.9. The summed E-state index contributed by atoms with van der Waals surface area (Å²) in [7, 11) is 2.18. The Balaban J connectivity index is 1.34. The summed E-state index contributed by atoms with van der Waals surface area (Å²) in [6, 6.07) is 23.2. The SMILES string of the molecule is CN1CCC(c2ccc3c(C(=O)C(NCCc4ccc(C(N)=O)cc4)c4ccccc4)c[nH]c3c2)CC1. The summed E-state index contributed by atoms with van der Waals surface area (Å²) in [5, 5.41) is 4.45. The molecule has 1 amide bonds. The molecule has 1 aromatic heterocycles. The number of fused-ring (bicyclic) bond motifs is 1. The minimum Gasteiger partial charge on any atom is -0.366 e. The van der Waals surface area contributed by atoms with E-state index in [1.165, 1.54) is 18.4 Å². The number of nitrogens with zero attached hydrogens (tertiary/aromatic N) is 1. The van der Waals surface area contributed by atoms with Gasteiger partial charge < -0.3 is 20.9 Å². The topological polar surface area (TPSA) is 91.2 Å². The van der Waals surface area contributed by atoms with Crippen LogP contribution in [-0.2, 0) is 6.42 Å². The van der Waals surface area contributed by atoms with Crippen LogP contribution in [0.1, 0.15) is 62.2 Å². The zero-order valence-corrected chi connectivity index (χ0v) is 21.2. The number of benzene rings is 3. The monoisotopic (exact) mass is 494 g/mol. The van der Waals surface area contributed by atoms with Crippen LogP contribution in [0.5, 0.6) is 0 Å². The van der Waals surface area contributed by atoms with E-state index < -0.39 is 11.9 Å². The Kier molecular flexibility index (Phi) is 7.49. The number of likely N-dealkylation sites (tertiary alicyclic amines) is 1. The lowest BCUT2D eigenvalue weighted by Crippen LogP contribution is -2.30. The molecule has 1 atom stereocenters. The Bertz CT molecular complexity index is 1370. The van der Waals surface area contributed by atoms with E-state index in [2.05, 4.69) is 40.4 Å². The second-order valence-electron chi connectivity index (χ2n) is 10.1. The van der Waals surface area contributed by atoms with Crippen LogP contribution in [-0.4, -0.2) is 48.3 Å². The molecule has 1 aliphatic heterocycles. The van der Waals surface area contributed by atoms with Gasteiger partial charge in [0.25, 0.3) is 0 Å². The van der Waals surface area contributed by atoms with Crippen molar-refractivity contribution in [3.05, 3.63) is 107 Å². The number of nitrogens with two attached hydrogens (primary N) is 1. The van der Waals surface area contributed by atoms with E-state index in [4.69, 9.17) is 5.73 Å². The zero-order chi connectivity index (χ0) is 25.8. The number of hydrogen-bond donors (Lipinski definition) is 3. The maximum atomic E-state index is 13.9. The number of Topliss-reactive ketones (excluding diaryl/α,β-unsaturated/α-hetero) is 1. The molecule has 6 nitrogen and oxygen atoms in total. The van der Waals surface area contributed by atoms with Crippen molar-refractivity contribution in [2.45, 2.75) is 31.2 Å². The number of H-pyrrole nitrogens is 1. The Morgan fingerprint density at radius 3 is 2.46 bits per heavy atom. The minimum atomic E-state index is -0.460. The Hall–Kier alpha value is -3.74. The van der Waals surface area contributed by atoms with Crippen LogP contribution in [0.4, 0.5) is 0 Å². The van der Waals surface area contributed by atoms with E-state index in [0.29, 0.717) is 23.6 Å². The van der Waals surface area contributed by atoms with Crippen LogP contribution < -0.4 is 11.1 Å². The lowest BCUT2D eigenvalue weighted by molar-refractivity contribution is 0.0943. The van der Waals surface area contributed by atoms with Crippen LogP contribution in [0.3, 0.4) is 0 Å². The van der Waals surface area contributed by atoms with Crippen molar-refractivity contribution in [1.29, 1.82) is 0 Å². The molecule has 2 heterocycles. The van der Waals surface area contributed by atoms with Gasteiger partial charge in [-0.05, 0) is 80.2 Å². The second-order valence-corrected chi connectivity index (χ2v) is 10.1. The number of aromatic amines is 1. The van der Waals surface area contributed by atoms with Crippen LogP contribution in [0.2, 0.25) is 0 Å². The summed E-state index contributed by atoms with van der Waals surface area (Å²) in [4.78, 5) is 30.9. The summed E-state index contributed by atoms with van der Waals surface area (Å²) in [6.07, 6.45) is 4.91. The van der Waals surface area contributed by atoms with E-state index in [-0.39, 0.29) is 5.78 Å². The fourth-order valence-electron chi connectivity index (χ4n) is 5.30. The molecule has 190 valence electrons. The molecule has 6 heteroatoms. The quantitative estimate of drug-likeness (QED) is 0.291. The molecule has 0 saturated carbocycles. The average Bonchev–Trinajstić information content (AvgIpc) is 3.35. The van der Waals surface area contributed by atoms with Gasteiger partial charge in [0.05, 0.1) is 6.04 Å². The highest BCUT2D eigenvalue weighted by molar-refractivity contribution is 6.10. The van der Waals surface area contributed by atoms with Gasteiger partial charge in [0, 0.05) is 34.8 Å². The number of hydrogen-bond acceptors (Lipinski definition) is 4. The average molecular weight is 495 g/mol. The maximum Gasteiger partial charge on any atom is 0.248 e. The first-order valence-electron chi connectivity index (χ1n) is 13.0. The first-order chi connectivity index (χ1) is 18.0. The number of ketones is 1. The van der Waals surface area contributed by atoms with Gasteiger partial charge in [-0.15, -0.1) is 0 Å². The van der Waals surface area contributed by atoms with Crippen LogP contribution in [0, 0.1) is 0 Å². The van der Waals surface area contributed by atoms with Gasteiger partial charge in [-0.3, -0.25) is 9.59 Å². The van der Waals surface area contributed by atoms with Gasteiger partial charge >= 0.3 is 0 Å². The largest absolute Gasteiger partial charge is 0.366 e. The molecule has 1 saturated heterocycles. The number of carbonyl (C=O) groups is 2. The third-order valence-electron chi connectivity index (χ3n) is 7.56.